The van der Waals surface area contributed by atoms with Gasteiger partial charge in [-0.05, 0) is 31.1 Å². The van der Waals surface area contributed by atoms with E-state index in [-0.39, 0.29) is 5.88 Å². The SMILES string of the molecule is Cc1ccc(/C=C/c2nc(CCl)no2)c(C)c1. The van der Waals surface area contributed by atoms with Gasteiger partial charge in [-0.3, -0.25) is 0 Å². The molecule has 0 aliphatic heterocycles. The molecular formula is C13H13ClN2O. The minimum Gasteiger partial charge on any atom is -0.335 e. The van der Waals surface area contributed by atoms with E-state index in [1.54, 1.807) is 6.08 Å². The summed E-state index contributed by atoms with van der Waals surface area (Å²) in [6.07, 6.45) is 3.75. The van der Waals surface area contributed by atoms with Gasteiger partial charge < -0.3 is 4.52 Å². The first-order valence-corrected chi connectivity index (χ1v) is 5.86. The van der Waals surface area contributed by atoms with Gasteiger partial charge in [0.25, 0.3) is 5.89 Å². The molecule has 0 fully saturated rings. The van der Waals surface area contributed by atoms with Crippen molar-refractivity contribution in [3.63, 3.8) is 0 Å². The van der Waals surface area contributed by atoms with Gasteiger partial charge in [-0.15, -0.1) is 11.6 Å². The van der Waals surface area contributed by atoms with Gasteiger partial charge in [0.05, 0.1) is 5.88 Å². The molecule has 3 nitrogen and oxygen atoms in total. The Bertz CT molecular complexity index is 546. The third-order valence-corrected chi connectivity index (χ3v) is 2.67. The largest absolute Gasteiger partial charge is 0.335 e. The molecule has 2 rings (SSSR count). The summed E-state index contributed by atoms with van der Waals surface area (Å²) < 4.78 is 5.01. The van der Waals surface area contributed by atoms with E-state index in [1.807, 2.05) is 6.08 Å². The maximum atomic E-state index is 5.59. The molecule has 4 heteroatoms. The third kappa shape index (κ3) is 2.94. The van der Waals surface area contributed by atoms with E-state index < -0.39 is 0 Å². The highest BCUT2D eigenvalue weighted by molar-refractivity contribution is 6.16. The molecule has 0 saturated carbocycles. The van der Waals surface area contributed by atoms with Gasteiger partial charge in [0.2, 0.25) is 0 Å². The van der Waals surface area contributed by atoms with E-state index in [0.29, 0.717) is 11.7 Å². The summed E-state index contributed by atoms with van der Waals surface area (Å²) in [5.41, 5.74) is 3.61. The van der Waals surface area contributed by atoms with Gasteiger partial charge in [0.1, 0.15) is 0 Å². The maximum absolute atomic E-state index is 5.59. The molecule has 2 aromatic rings. The number of halogens is 1. The molecule has 1 heterocycles. The van der Waals surface area contributed by atoms with Gasteiger partial charge in [0, 0.05) is 6.08 Å². The van der Waals surface area contributed by atoms with Crippen molar-refractivity contribution in [3.8, 4) is 0 Å². The first-order valence-electron chi connectivity index (χ1n) is 5.33. The Morgan fingerprint density at radius 3 is 2.76 bits per heavy atom. The number of hydrogen-bond donors (Lipinski definition) is 0. The first kappa shape index (κ1) is 11.9. The van der Waals surface area contributed by atoms with Crippen molar-refractivity contribution in [2.75, 3.05) is 0 Å². The monoisotopic (exact) mass is 248 g/mol. The molecule has 0 aliphatic rings. The highest BCUT2D eigenvalue weighted by atomic mass is 35.5. The average Bonchev–Trinajstić information content (AvgIpc) is 2.76. The topological polar surface area (TPSA) is 38.9 Å². The van der Waals surface area contributed by atoms with E-state index in [4.69, 9.17) is 16.1 Å². The number of hydrogen-bond acceptors (Lipinski definition) is 3. The number of benzene rings is 1. The van der Waals surface area contributed by atoms with Crippen LogP contribution < -0.4 is 0 Å². The predicted molar refractivity (Wildman–Crippen MR) is 68.7 cm³/mol. The lowest BCUT2D eigenvalue weighted by Gasteiger charge is -2.00. The molecule has 0 aliphatic carbocycles. The number of nitrogens with zero attached hydrogens (tertiary/aromatic N) is 2. The third-order valence-electron chi connectivity index (χ3n) is 2.43. The van der Waals surface area contributed by atoms with Crippen molar-refractivity contribution < 1.29 is 4.52 Å². The highest BCUT2D eigenvalue weighted by Gasteiger charge is 2.01. The Labute approximate surface area is 105 Å². The molecule has 88 valence electrons. The second-order valence-electron chi connectivity index (χ2n) is 3.88. The highest BCUT2D eigenvalue weighted by Crippen LogP contribution is 2.14. The molecule has 0 unspecified atom stereocenters. The predicted octanol–water partition coefficient (Wildman–Crippen LogP) is 3.60. The minimum atomic E-state index is 0.265. The second kappa shape index (κ2) is 5.15. The van der Waals surface area contributed by atoms with Crippen LogP contribution in [0, 0.1) is 13.8 Å². The van der Waals surface area contributed by atoms with Crippen molar-refractivity contribution >= 4 is 23.8 Å². The van der Waals surface area contributed by atoms with Gasteiger partial charge in [0.15, 0.2) is 5.82 Å². The van der Waals surface area contributed by atoms with E-state index in [9.17, 15) is 0 Å². The normalized spacial score (nSPS) is 11.2. The summed E-state index contributed by atoms with van der Waals surface area (Å²) in [4.78, 5) is 4.09. The summed E-state index contributed by atoms with van der Waals surface area (Å²) in [7, 11) is 0. The lowest BCUT2D eigenvalue weighted by Crippen LogP contribution is -1.82. The van der Waals surface area contributed by atoms with Crippen LogP contribution in [0.1, 0.15) is 28.4 Å². The quantitative estimate of drug-likeness (QED) is 0.779. The summed E-state index contributed by atoms with van der Waals surface area (Å²) in [6.45, 7) is 4.15. The van der Waals surface area contributed by atoms with Crippen molar-refractivity contribution in [2.45, 2.75) is 19.7 Å². The zero-order chi connectivity index (χ0) is 12.3. The molecule has 0 radical (unpaired) electrons. The fraction of sp³-hybridized carbons (Fsp3) is 0.231. The van der Waals surface area contributed by atoms with E-state index in [2.05, 4.69) is 42.2 Å². The van der Waals surface area contributed by atoms with Crippen LogP contribution in [-0.2, 0) is 5.88 Å². The van der Waals surface area contributed by atoms with Crippen LogP contribution in [0.25, 0.3) is 12.2 Å². The van der Waals surface area contributed by atoms with Gasteiger partial charge >= 0.3 is 0 Å². The van der Waals surface area contributed by atoms with Crippen LogP contribution in [-0.4, -0.2) is 10.1 Å². The zero-order valence-corrected chi connectivity index (χ0v) is 10.5. The van der Waals surface area contributed by atoms with Crippen LogP contribution >= 0.6 is 11.6 Å². The summed E-state index contributed by atoms with van der Waals surface area (Å²) >= 11 is 5.59. The number of alkyl halides is 1. The van der Waals surface area contributed by atoms with Crippen molar-refractivity contribution in [2.24, 2.45) is 0 Å². The fourth-order valence-corrected chi connectivity index (χ4v) is 1.67. The van der Waals surface area contributed by atoms with Crippen LogP contribution in [0.4, 0.5) is 0 Å². The molecule has 1 aromatic carbocycles. The van der Waals surface area contributed by atoms with Gasteiger partial charge in [-0.2, -0.15) is 4.98 Å². The second-order valence-corrected chi connectivity index (χ2v) is 4.14. The molecule has 0 atom stereocenters. The van der Waals surface area contributed by atoms with Crippen molar-refractivity contribution in [3.05, 3.63) is 46.6 Å². The minimum absolute atomic E-state index is 0.265. The molecule has 0 spiro atoms. The molecule has 0 bridgehead atoms. The summed E-state index contributed by atoms with van der Waals surface area (Å²) in [5, 5.41) is 3.71. The molecule has 0 saturated heterocycles. The Hall–Kier alpha value is -1.61. The van der Waals surface area contributed by atoms with Crippen molar-refractivity contribution in [1.82, 2.24) is 10.1 Å². The molecule has 0 amide bonds. The Kier molecular flexibility index (Phi) is 3.59. The van der Waals surface area contributed by atoms with Crippen LogP contribution in [0.2, 0.25) is 0 Å². The standard InChI is InChI=1S/C13H13ClN2O/c1-9-3-4-11(10(2)7-9)5-6-13-15-12(8-14)16-17-13/h3-7H,8H2,1-2H3/b6-5+. The Balaban J connectivity index is 2.19. The fourth-order valence-electron chi connectivity index (χ4n) is 1.56. The molecule has 17 heavy (non-hydrogen) atoms. The maximum Gasteiger partial charge on any atom is 0.250 e. The lowest BCUT2D eigenvalue weighted by atomic mass is 10.1. The molecular weight excluding hydrogens is 236 g/mol. The number of rotatable bonds is 3. The van der Waals surface area contributed by atoms with E-state index in [1.165, 1.54) is 11.1 Å². The van der Waals surface area contributed by atoms with Crippen LogP contribution in [0.5, 0.6) is 0 Å². The van der Waals surface area contributed by atoms with Gasteiger partial charge in [-0.25, -0.2) is 0 Å². The smallest absolute Gasteiger partial charge is 0.250 e. The lowest BCUT2D eigenvalue weighted by molar-refractivity contribution is 0.405. The zero-order valence-electron chi connectivity index (χ0n) is 9.77. The number of aryl methyl sites for hydroxylation is 2. The van der Waals surface area contributed by atoms with E-state index in [0.717, 1.165) is 5.56 Å². The van der Waals surface area contributed by atoms with Gasteiger partial charge in [-0.1, -0.05) is 28.9 Å². The van der Waals surface area contributed by atoms with Crippen LogP contribution in [0.3, 0.4) is 0 Å². The molecule has 0 N–H and O–H groups in total. The van der Waals surface area contributed by atoms with Crippen LogP contribution in [0.15, 0.2) is 22.7 Å². The summed E-state index contributed by atoms with van der Waals surface area (Å²) in [6, 6.07) is 6.28. The molecule has 1 aromatic heterocycles. The average molecular weight is 249 g/mol. The number of aromatic nitrogens is 2. The summed E-state index contributed by atoms with van der Waals surface area (Å²) in [5.74, 6) is 1.24. The van der Waals surface area contributed by atoms with E-state index >= 15 is 0 Å². The Morgan fingerprint density at radius 1 is 1.29 bits per heavy atom. The first-order chi connectivity index (χ1) is 8.19. The Morgan fingerprint density at radius 2 is 2.12 bits per heavy atom. The van der Waals surface area contributed by atoms with Crippen molar-refractivity contribution in [1.29, 1.82) is 0 Å².